The zero-order valence-electron chi connectivity index (χ0n) is 11.8. The van der Waals surface area contributed by atoms with Crippen molar-refractivity contribution in [2.24, 2.45) is 7.05 Å². The van der Waals surface area contributed by atoms with Gasteiger partial charge in [-0.2, -0.15) is 0 Å². The standard InChI is InChI=1S/C10H20N6O3S/c1-8(9-15-12-7-16(9)2)14-10(17)11-5-4-6-13-20(3,18)19/h7-8,13H,4-6H2,1-3H3,(H2,11,14,17). The Kier molecular flexibility index (Phi) is 5.89. The highest BCUT2D eigenvalue weighted by molar-refractivity contribution is 7.88. The molecule has 0 fully saturated rings. The lowest BCUT2D eigenvalue weighted by atomic mass is 10.3. The van der Waals surface area contributed by atoms with Gasteiger partial charge in [0.05, 0.1) is 12.3 Å². The molecule has 0 aliphatic heterocycles. The molecule has 1 unspecified atom stereocenters. The van der Waals surface area contributed by atoms with E-state index in [0.29, 0.717) is 18.8 Å². The third kappa shape index (κ3) is 5.97. The minimum atomic E-state index is -3.17. The van der Waals surface area contributed by atoms with Crippen LogP contribution in [0.3, 0.4) is 0 Å². The van der Waals surface area contributed by atoms with Crippen molar-refractivity contribution in [2.75, 3.05) is 19.3 Å². The van der Waals surface area contributed by atoms with Crippen LogP contribution in [0.5, 0.6) is 0 Å². The largest absolute Gasteiger partial charge is 0.338 e. The fourth-order valence-corrected chi connectivity index (χ4v) is 2.06. The van der Waals surface area contributed by atoms with E-state index in [1.807, 2.05) is 0 Å². The molecular weight excluding hydrogens is 284 g/mol. The predicted octanol–water partition coefficient (Wildman–Crippen LogP) is -0.885. The minimum absolute atomic E-state index is 0.267. The van der Waals surface area contributed by atoms with Gasteiger partial charge in [-0.1, -0.05) is 0 Å². The van der Waals surface area contributed by atoms with Gasteiger partial charge in [0.25, 0.3) is 0 Å². The van der Waals surface area contributed by atoms with Crippen molar-refractivity contribution >= 4 is 16.1 Å². The number of amides is 2. The van der Waals surface area contributed by atoms with Crippen molar-refractivity contribution in [1.82, 2.24) is 30.1 Å². The Bertz CT molecular complexity index is 541. The third-order valence-corrected chi connectivity index (χ3v) is 3.21. The Morgan fingerprint density at radius 1 is 1.45 bits per heavy atom. The summed E-state index contributed by atoms with van der Waals surface area (Å²) < 4.78 is 25.7. The maximum Gasteiger partial charge on any atom is 0.315 e. The molecule has 0 saturated heterocycles. The molecule has 0 aromatic carbocycles. The molecule has 1 aromatic heterocycles. The molecule has 3 N–H and O–H groups in total. The van der Waals surface area contributed by atoms with E-state index >= 15 is 0 Å². The summed E-state index contributed by atoms with van der Waals surface area (Å²) in [6.07, 6.45) is 3.16. The second-order valence-electron chi connectivity index (χ2n) is 4.44. The number of rotatable bonds is 7. The van der Waals surface area contributed by atoms with Crippen molar-refractivity contribution in [3.05, 3.63) is 12.2 Å². The first-order chi connectivity index (χ1) is 9.29. The number of carbonyl (C=O) groups excluding carboxylic acids is 1. The number of carbonyl (C=O) groups is 1. The molecule has 20 heavy (non-hydrogen) atoms. The van der Waals surface area contributed by atoms with E-state index < -0.39 is 10.0 Å². The number of hydrogen-bond donors (Lipinski definition) is 3. The quantitative estimate of drug-likeness (QED) is 0.565. The van der Waals surface area contributed by atoms with Gasteiger partial charge in [0.15, 0.2) is 5.82 Å². The molecule has 10 heteroatoms. The normalized spacial score (nSPS) is 12.9. The molecule has 1 aromatic rings. The molecule has 114 valence electrons. The zero-order chi connectivity index (χ0) is 15.2. The highest BCUT2D eigenvalue weighted by atomic mass is 32.2. The van der Waals surface area contributed by atoms with Crippen LogP contribution in [0.1, 0.15) is 25.2 Å². The van der Waals surface area contributed by atoms with Gasteiger partial charge in [0, 0.05) is 20.1 Å². The first-order valence-electron chi connectivity index (χ1n) is 6.12. The summed E-state index contributed by atoms with van der Waals surface area (Å²) in [7, 11) is -1.38. The molecule has 0 bridgehead atoms. The third-order valence-electron chi connectivity index (χ3n) is 2.48. The van der Waals surface area contributed by atoms with E-state index in [9.17, 15) is 13.2 Å². The number of sulfonamides is 1. The Balaban J connectivity index is 2.22. The lowest BCUT2D eigenvalue weighted by Crippen LogP contribution is -2.39. The molecule has 0 aliphatic rings. The van der Waals surface area contributed by atoms with E-state index in [1.165, 1.54) is 0 Å². The van der Waals surface area contributed by atoms with Crippen LogP contribution in [0, 0.1) is 0 Å². The van der Waals surface area contributed by atoms with Crippen LogP contribution in [0.2, 0.25) is 0 Å². The number of aromatic nitrogens is 3. The highest BCUT2D eigenvalue weighted by Gasteiger charge is 2.13. The highest BCUT2D eigenvalue weighted by Crippen LogP contribution is 2.06. The smallest absolute Gasteiger partial charge is 0.315 e. The average molecular weight is 304 g/mol. The monoisotopic (exact) mass is 304 g/mol. The second-order valence-corrected chi connectivity index (χ2v) is 6.28. The van der Waals surface area contributed by atoms with Crippen molar-refractivity contribution in [3.8, 4) is 0 Å². The number of nitrogens with one attached hydrogen (secondary N) is 3. The molecule has 0 aliphatic carbocycles. The van der Waals surface area contributed by atoms with Crippen molar-refractivity contribution in [3.63, 3.8) is 0 Å². The van der Waals surface area contributed by atoms with E-state index in [1.54, 1.807) is 24.9 Å². The van der Waals surface area contributed by atoms with Gasteiger partial charge in [-0.3, -0.25) is 0 Å². The van der Waals surface area contributed by atoms with Crippen LogP contribution in [0.4, 0.5) is 4.79 Å². The molecular formula is C10H20N6O3S. The van der Waals surface area contributed by atoms with E-state index in [-0.39, 0.29) is 18.6 Å². The van der Waals surface area contributed by atoms with Crippen LogP contribution < -0.4 is 15.4 Å². The van der Waals surface area contributed by atoms with Crippen LogP contribution in [0.15, 0.2) is 6.33 Å². The van der Waals surface area contributed by atoms with E-state index in [4.69, 9.17) is 0 Å². The Morgan fingerprint density at radius 3 is 2.70 bits per heavy atom. The van der Waals surface area contributed by atoms with E-state index in [0.717, 1.165) is 6.26 Å². The number of urea groups is 1. The zero-order valence-corrected chi connectivity index (χ0v) is 12.6. The van der Waals surface area contributed by atoms with Crippen LogP contribution in [0.25, 0.3) is 0 Å². The average Bonchev–Trinajstić information content (AvgIpc) is 2.73. The molecule has 2 amide bonds. The van der Waals surface area contributed by atoms with Gasteiger partial charge in [-0.05, 0) is 13.3 Å². The van der Waals surface area contributed by atoms with Crippen molar-refractivity contribution in [1.29, 1.82) is 0 Å². The first-order valence-corrected chi connectivity index (χ1v) is 8.01. The van der Waals surface area contributed by atoms with Gasteiger partial charge < -0.3 is 15.2 Å². The first kappa shape index (κ1) is 16.4. The number of hydrogen-bond acceptors (Lipinski definition) is 5. The molecule has 1 heterocycles. The van der Waals surface area contributed by atoms with Gasteiger partial charge in [0.1, 0.15) is 6.33 Å². The Morgan fingerprint density at radius 2 is 2.15 bits per heavy atom. The lowest BCUT2D eigenvalue weighted by Gasteiger charge is -2.13. The molecule has 0 saturated carbocycles. The minimum Gasteiger partial charge on any atom is -0.338 e. The Labute approximate surface area is 118 Å². The summed E-state index contributed by atoms with van der Waals surface area (Å²) >= 11 is 0. The number of aryl methyl sites for hydroxylation is 1. The molecule has 0 radical (unpaired) electrons. The Hall–Kier alpha value is -1.68. The van der Waals surface area contributed by atoms with Crippen molar-refractivity contribution < 1.29 is 13.2 Å². The van der Waals surface area contributed by atoms with Gasteiger partial charge >= 0.3 is 6.03 Å². The summed E-state index contributed by atoms with van der Waals surface area (Å²) in [6.45, 7) is 2.46. The van der Waals surface area contributed by atoms with Gasteiger partial charge in [-0.15, -0.1) is 10.2 Å². The second kappa shape index (κ2) is 7.20. The fraction of sp³-hybridized carbons (Fsp3) is 0.700. The summed E-state index contributed by atoms with van der Waals surface area (Å²) in [6, 6.07) is -0.600. The number of nitrogens with zero attached hydrogens (tertiary/aromatic N) is 3. The summed E-state index contributed by atoms with van der Waals surface area (Å²) in [5.41, 5.74) is 0. The molecule has 0 spiro atoms. The lowest BCUT2D eigenvalue weighted by molar-refractivity contribution is 0.237. The SMILES string of the molecule is CC(NC(=O)NCCCNS(C)(=O)=O)c1nncn1C. The topological polar surface area (TPSA) is 118 Å². The molecule has 1 rings (SSSR count). The summed E-state index contributed by atoms with van der Waals surface area (Å²) in [4.78, 5) is 11.6. The van der Waals surface area contributed by atoms with Gasteiger partial charge in [-0.25, -0.2) is 17.9 Å². The molecule has 1 atom stereocenters. The maximum absolute atomic E-state index is 11.6. The predicted molar refractivity (Wildman–Crippen MR) is 73.4 cm³/mol. The van der Waals surface area contributed by atoms with Crippen molar-refractivity contribution in [2.45, 2.75) is 19.4 Å². The van der Waals surface area contributed by atoms with Crippen LogP contribution in [-0.2, 0) is 17.1 Å². The van der Waals surface area contributed by atoms with Crippen LogP contribution >= 0.6 is 0 Å². The molecule has 9 nitrogen and oxygen atoms in total. The summed E-state index contributed by atoms with van der Waals surface area (Å²) in [5.74, 6) is 0.652. The fourth-order valence-electron chi connectivity index (χ4n) is 1.54. The maximum atomic E-state index is 11.6. The van der Waals surface area contributed by atoms with Crippen LogP contribution in [-0.4, -0.2) is 48.6 Å². The summed E-state index contributed by atoms with van der Waals surface area (Å²) in [5, 5.41) is 13.0. The van der Waals surface area contributed by atoms with E-state index in [2.05, 4.69) is 25.6 Å². The van der Waals surface area contributed by atoms with Gasteiger partial charge in [0.2, 0.25) is 10.0 Å².